The van der Waals surface area contributed by atoms with Gasteiger partial charge in [-0.2, -0.15) is 0 Å². The van der Waals surface area contributed by atoms with Crippen molar-refractivity contribution in [2.45, 2.75) is 37.8 Å². The van der Waals surface area contributed by atoms with E-state index in [0.29, 0.717) is 23.9 Å². The third-order valence-corrected chi connectivity index (χ3v) is 6.18. The van der Waals surface area contributed by atoms with E-state index in [1.807, 2.05) is 12.1 Å². The largest absolute Gasteiger partial charge is 0.379 e. The van der Waals surface area contributed by atoms with Gasteiger partial charge in [-0.3, -0.25) is 0 Å². The smallest absolute Gasteiger partial charge is 0.123 e. The highest BCUT2D eigenvalue weighted by molar-refractivity contribution is 5.47. The van der Waals surface area contributed by atoms with Gasteiger partial charge in [-0.25, -0.2) is 4.39 Å². The van der Waals surface area contributed by atoms with Gasteiger partial charge >= 0.3 is 0 Å². The van der Waals surface area contributed by atoms with Gasteiger partial charge in [0.1, 0.15) is 5.82 Å². The molecular weight excluding hydrogens is 317 g/mol. The summed E-state index contributed by atoms with van der Waals surface area (Å²) in [7, 11) is 0. The zero-order valence-electron chi connectivity index (χ0n) is 14.9. The highest BCUT2D eigenvalue weighted by Gasteiger charge is 2.35. The second kappa shape index (κ2) is 8.02. The Morgan fingerprint density at radius 2 is 2.08 bits per heavy atom. The van der Waals surface area contributed by atoms with Gasteiger partial charge in [0, 0.05) is 37.4 Å². The first kappa shape index (κ1) is 17.3. The molecule has 0 radical (unpaired) electrons. The fraction of sp³-hybridized carbons (Fsp3) is 0.700. The summed E-state index contributed by atoms with van der Waals surface area (Å²) in [5.74, 6) is 1.23. The van der Waals surface area contributed by atoms with Crippen LogP contribution in [0.4, 0.5) is 10.1 Å². The summed E-state index contributed by atoms with van der Waals surface area (Å²) < 4.78 is 18.8. The maximum Gasteiger partial charge on any atom is 0.123 e. The van der Waals surface area contributed by atoms with Crippen LogP contribution in [0.2, 0.25) is 0 Å². The van der Waals surface area contributed by atoms with Crippen LogP contribution in [0.15, 0.2) is 24.3 Å². The molecule has 5 heteroatoms. The Bertz CT molecular complexity index is 546. The molecular formula is C20H30FN3O. The van der Waals surface area contributed by atoms with Crippen LogP contribution >= 0.6 is 0 Å². The van der Waals surface area contributed by atoms with Crippen molar-refractivity contribution in [2.24, 2.45) is 11.8 Å². The van der Waals surface area contributed by atoms with E-state index < -0.39 is 0 Å². The summed E-state index contributed by atoms with van der Waals surface area (Å²) in [6, 6.07) is 8.05. The van der Waals surface area contributed by atoms with E-state index in [-0.39, 0.29) is 5.82 Å². The van der Waals surface area contributed by atoms with Crippen molar-refractivity contribution in [1.82, 2.24) is 10.6 Å². The Morgan fingerprint density at radius 1 is 1.20 bits per heavy atom. The Balaban J connectivity index is 1.26. The van der Waals surface area contributed by atoms with Crippen LogP contribution in [0.3, 0.4) is 0 Å². The number of hydrogen-bond acceptors (Lipinski definition) is 4. The lowest BCUT2D eigenvalue weighted by molar-refractivity contribution is 0.0523. The fourth-order valence-electron chi connectivity index (χ4n) is 4.79. The monoisotopic (exact) mass is 347 g/mol. The minimum absolute atomic E-state index is 0.159. The second-order valence-corrected chi connectivity index (χ2v) is 7.82. The van der Waals surface area contributed by atoms with Crippen molar-refractivity contribution in [2.75, 3.05) is 44.3 Å². The maximum atomic E-state index is 13.1. The molecule has 138 valence electrons. The molecule has 0 bridgehead atoms. The van der Waals surface area contributed by atoms with Gasteiger partial charge in [0.25, 0.3) is 0 Å². The molecule has 1 aromatic carbocycles. The molecule has 4 rings (SSSR count). The summed E-state index contributed by atoms with van der Waals surface area (Å²) >= 11 is 0. The third-order valence-electron chi connectivity index (χ3n) is 6.18. The highest BCUT2D eigenvalue weighted by Crippen LogP contribution is 2.30. The molecule has 3 fully saturated rings. The van der Waals surface area contributed by atoms with E-state index in [0.717, 1.165) is 45.1 Å². The fourth-order valence-corrected chi connectivity index (χ4v) is 4.79. The molecule has 0 aromatic heterocycles. The van der Waals surface area contributed by atoms with Gasteiger partial charge in [-0.15, -0.1) is 0 Å². The minimum Gasteiger partial charge on any atom is -0.379 e. The Labute approximate surface area is 150 Å². The lowest BCUT2D eigenvalue weighted by atomic mass is 9.93. The van der Waals surface area contributed by atoms with Crippen molar-refractivity contribution in [3.8, 4) is 0 Å². The summed E-state index contributed by atoms with van der Waals surface area (Å²) in [6.07, 6.45) is 5.14. The van der Waals surface area contributed by atoms with E-state index >= 15 is 0 Å². The zero-order valence-corrected chi connectivity index (χ0v) is 14.9. The van der Waals surface area contributed by atoms with Gasteiger partial charge in [-0.05, 0) is 61.9 Å². The van der Waals surface area contributed by atoms with Crippen LogP contribution in [0, 0.1) is 17.7 Å². The first-order valence-electron chi connectivity index (χ1n) is 9.84. The van der Waals surface area contributed by atoms with Crippen LogP contribution in [-0.4, -0.2) is 51.5 Å². The molecule has 0 amide bonds. The lowest BCUT2D eigenvalue weighted by Crippen LogP contribution is -2.51. The molecule has 2 aliphatic heterocycles. The number of nitrogens with one attached hydrogen (secondary N) is 2. The van der Waals surface area contributed by atoms with E-state index in [1.54, 1.807) is 12.1 Å². The second-order valence-electron chi connectivity index (χ2n) is 7.82. The SMILES string of the molecule is Fc1ccc(N2CCC(CNC3CCCC3C3COCCN3)C2)cc1. The highest BCUT2D eigenvalue weighted by atomic mass is 19.1. The summed E-state index contributed by atoms with van der Waals surface area (Å²) in [5.41, 5.74) is 1.14. The minimum atomic E-state index is -0.159. The number of halogens is 1. The maximum absolute atomic E-state index is 13.1. The Hall–Kier alpha value is -1.17. The standard InChI is InChI=1S/C20H30FN3O/c21-16-4-6-17(7-5-16)24-10-8-15(13-24)12-23-19-3-1-2-18(19)20-14-25-11-9-22-20/h4-7,15,18-20,22-23H,1-3,8-14H2. The van der Waals surface area contributed by atoms with E-state index in [9.17, 15) is 4.39 Å². The molecule has 25 heavy (non-hydrogen) atoms. The number of morpholine rings is 1. The topological polar surface area (TPSA) is 36.5 Å². The number of nitrogens with zero attached hydrogens (tertiary/aromatic N) is 1. The summed E-state index contributed by atoms with van der Waals surface area (Å²) in [6.45, 7) is 5.94. The number of anilines is 1. The van der Waals surface area contributed by atoms with Crippen molar-refractivity contribution in [1.29, 1.82) is 0 Å². The number of ether oxygens (including phenoxy) is 1. The predicted molar refractivity (Wildman–Crippen MR) is 98.5 cm³/mol. The Kier molecular flexibility index (Phi) is 5.54. The molecule has 3 aliphatic rings. The van der Waals surface area contributed by atoms with Gasteiger partial charge in [0.2, 0.25) is 0 Å². The van der Waals surface area contributed by atoms with Crippen LogP contribution in [0.1, 0.15) is 25.7 Å². The van der Waals surface area contributed by atoms with Crippen molar-refractivity contribution in [3.05, 3.63) is 30.1 Å². The molecule has 2 N–H and O–H groups in total. The molecule has 4 atom stereocenters. The first-order chi connectivity index (χ1) is 12.3. The van der Waals surface area contributed by atoms with E-state index in [4.69, 9.17) is 4.74 Å². The molecule has 0 spiro atoms. The van der Waals surface area contributed by atoms with Crippen LogP contribution in [0.5, 0.6) is 0 Å². The number of hydrogen-bond donors (Lipinski definition) is 2. The van der Waals surface area contributed by atoms with E-state index in [2.05, 4.69) is 15.5 Å². The molecule has 4 unspecified atom stereocenters. The molecule has 1 aromatic rings. The average molecular weight is 347 g/mol. The van der Waals surface area contributed by atoms with Gasteiger partial charge in [0.05, 0.1) is 13.2 Å². The summed E-state index contributed by atoms with van der Waals surface area (Å²) in [5, 5.41) is 7.52. The van der Waals surface area contributed by atoms with Gasteiger partial charge < -0.3 is 20.3 Å². The first-order valence-corrected chi connectivity index (χ1v) is 9.84. The Morgan fingerprint density at radius 3 is 2.88 bits per heavy atom. The van der Waals surface area contributed by atoms with Gasteiger partial charge in [0.15, 0.2) is 0 Å². The molecule has 1 aliphatic carbocycles. The lowest BCUT2D eigenvalue weighted by Gasteiger charge is -2.33. The average Bonchev–Trinajstić information content (AvgIpc) is 3.31. The quantitative estimate of drug-likeness (QED) is 0.858. The predicted octanol–water partition coefficient (Wildman–Crippen LogP) is 2.40. The number of benzene rings is 1. The van der Waals surface area contributed by atoms with Gasteiger partial charge in [-0.1, -0.05) is 6.42 Å². The van der Waals surface area contributed by atoms with Crippen molar-refractivity contribution >= 4 is 5.69 Å². The molecule has 1 saturated carbocycles. The molecule has 4 nitrogen and oxygen atoms in total. The van der Waals surface area contributed by atoms with E-state index in [1.165, 1.54) is 25.7 Å². The summed E-state index contributed by atoms with van der Waals surface area (Å²) in [4.78, 5) is 2.38. The van der Waals surface area contributed by atoms with Crippen LogP contribution in [0.25, 0.3) is 0 Å². The normalized spacial score (nSPS) is 33.1. The molecule has 2 heterocycles. The third kappa shape index (κ3) is 4.15. The van der Waals surface area contributed by atoms with Crippen molar-refractivity contribution in [3.63, 3.8) is 0 Å². The van der Waals surface area contributed by atoms with Crippen LogP contribution in [-0.2, 0) is 4.74 Å². The van der Waals surface area contributed by atoms with Crippen LogP contribution < -0.4 is 15.5 Å². The number of rotatable bonds is 5. The van der Waals surface area contributed by atoms with Crippen molar-refractivity contribution < 1.29 is 9.13 Å². The molecule has 2 saturated heterocycles. The zero-order chi connectivity index (χ0) is 17.1.